The average molecular weight is 416 g/mol. The molecule has 1 aliphatic carbocycles. The maximum atomic E-state index is 12.9. The zero-order valence-corrected chi connectivity index (χ0v) is 16.7. The highest BCUT2D eigenvalue weighted by Crippen LogP contribution is 2.38. The molecule has 1 aliphatic heterocycles. The van der Waals surface area contributed by atoms with Crippen molar-refractivity contribution in [3.05, 3.63) is 64.8 Å². The Hall–Kier alpha value is -3.87. The highest BCUT2D eigenvalue weighted by molar-refractivity contribution is 6.07. The second-order valence-electron chi connectivity index (χ2n) is 7.51. The molecule has 0 fully saturated rings. The molecule has 0 saturated heterocycles. The third kappa shape index (κ3) is 3.59. The lowest BCUT2D eigenvalue weighted by Crippen LogP contribution is -2.22. The van der Waals surface area contributed by atoms with Crippen molar-refractivity contribution in [2.45, 2.75) is 19.3 Å². The predicted molar refractivity (Wildman–Crippen MR) is 115 cm³/mol. The number of carbonyl (C=O) groups excluding carboxylic acids is 2. The van der Waals surface area contributed by atoms with Crippen LogP contribution in [0.25, 0.3) is 22.6 Å². The molecule has 0 atom stereocenters. The lowest BCUT2D eigenvalue weighted by Gasteiger charge is -2.22. The van der Waals surface area contributed by atoms with E-state index in [1.54, 1.807) is 0 Å². The van der Waals surface area contributed by atoms with Crippen molar-refractivity contribution in [3.8, 4) is 11.5 Å². The molecule has 0 spiro atoms. The van der Waals surface area contributed by atoms with Gasteiger partial charge in [-0.1, -0.05) is 24.3 Å². The number of hydrogen-bond acceptors (Lipinski definition) is 6. The first kappa shape index (κ1) is 19.1. The number of ether oxygens (including phenoxy) is 3. The molecule has 7 nitrogen and oxygen atoms in total. The highest BCUT2D eigenvalue weighted by atomic mass is 16.7. The summed E-state index contributed by atoms with van der Waals surface area (Å²) in [5.74, 6) is 0.198. The molecule has 3 aromatic rings. The van der Waals surface area contributed by atoms with E-state index in [0.717, 1.165) is 41.0 Å². The van der Waals surface area contributed by atoms with E-state index < -0.39 is 18.5 Å². The number of fused-ring (bicyclic) bond motifs is 3. The van der Waals surface area contributed by atoms with Crippen molar-refractivity contribution < 1.29 is 23.8 Å². The number of allylic oxidation sites excluding steroid dienone is 1. The van der Waals surface area contributed by atoms with Gasteiger partial charge in [0.2, 0.25) is 6.79 Å². The topological polar surface area (TPSA) is 101 Å². The molecular weight excluding hydrogens is 396 g/mol. The largest absolute Gasteiger partial charge is 0.454 e. The van der Waals surface area contributed by atoms with E-state index in [0.29, 0.717) is 28.6 Å². The van der Waals surface area contributed by atoms with Crippen LogP contribution in [0.2, 0.25) is 0 Å². The molecular formula is C24H20N2O5. The van der Waals surface area contributed by atoms with Crippen molar-refractivity contribution in [1.29, 1.82) is 0 Å². The lowest BCUT2D eigenvalue weighted by atomic mass is 9.86. The van der Waals surface area contributed by atoms with E-state index in [2.05, 4.69) is 6.08 Å². The first-order chi connectivity index (χ1) is 15.1. The third-order valence-corrected chi connectivity index (χ3v) is 5.46. The van der Waals surface area contributed by atoms with Gasteiger partial charge in [0.1, 0.15) is 0 Å². The summed E-state index contributed by atoms with van der Waals surface area (Å²) < 4.78 is 16.1. The number of nitrogens with two attached hydrogens (primary N) is 1. The maximum absolute atomic E-state index is 12.9. The van der Waals surface area contributed by atoms with Crippen LogP contribution >= 0.6 is 0 Å². The minimum Gasteiger partial charge on any atom is -0.454 e. The van der Waals surface area contributed by atoms with Crippen molar-refractivity contribution >= 4 is 34.4 Å². The minimum absolute atomic E-state index is 0.225. The van der Waals surface area contributed by atoms with Gasteiger partial charge < -0.3 is 19.9 Å². The summed E-state index contributed by atoms with van der Waals surface area (Å²) >= 11 is 0. The number of hydrogen-bond donors (Lipinski definition) is 1. The van der Waals surface area contributed by atoms with Crippen LogP contribution in [0.1, 0.15) is 40.0 Å². The Bertz CT molecular complexity index is 1250. The van der Waals surface area contributed by atoms with Gasteiger partial charge in [0, 0.05) is 5.39 Å². The molecule has 1 amide bonds. The summed E-state index contributed by atoms with van der Waals surface area (Å²) in [6.45, 7) is -0.230. The Kier molecular flexibility index (Phi) is 4.78. The number of rotatable bonds is 4. The van der Waals surface area contributed by atoms with E-state index in [9.17, 15) is 9.59 Å². The van der Waals surface area contributed by atoms with Gasteiger partial charge in [-0.3, -0.25) is 4.79 Å². The quantitative estimate of drug-likeness (QED) is 0.654. The molecule has 1 aromatic heterocycles. The Labute approximate surface area is 178 Å². The Morgan fingerprint density at radius 2 is 1.94 bits per heavy atom. The number of nitrogens with zero attached hydrogens (tertiary/aromatic N) is 1. The zero-order valence-electron chi connectivity index (χ0n) is 16.7. The number of para-hydroxylation sites is 1. The summed E-state index contributed by atoms with van der Waals surface area (Å²) in [6.07, 6.45) is 4.48. The van der Waals surface area contributed by atoms with Crippen LogP contribution in [-0.4, -0.2) is 30.3 Å². The molecule has 2 N–H and O–H groups in total. The summed E-state index contributed by atoms with van der Waals surface area (Å²) in [4.78, 5) is 28.9. The van der Waals surface area contributed by atoms with Crippen LogP contribution < -0.4 is 15.2 Å². The molecule has 2 aliphatic rings. The van der Waals surface area contributed by atoms with Gasteiger partial charge in [-0.25, -0.2) is 9.78 Å². The van der Waals surface area contributed by atoms with Crippen LogP contribution in [0, 0.1) is 0 Å². The molecule has 7 heteroatoms. The first-order valence-electron chi connectivity index (χ1n) is 10.1. The number of benzene rings is 2. The number of esters is 1. The number of amides is 1. The number of pyridine rings is 1. The van der Waals surface area contributed by atoms with E-state index >= 15 is 0 Å². The van der Waals surface area contributed by atoms with Crippen molar-refractivity contribution in [2.75, 3.05) is 13.4 Å². The van der Waals surface area contributed by atoms with Gasteiger partial charge in [-0.2, -0.15) is 0 Å². The fraction of sp³-hybridized carbons (Fsp3) is 0.208. The van der Waals surface area contributed by atoms with Gasteiger partial charge >= 0.3 is 5.97 Å². The molecule has 5 rings (SSSR count). The molecule has 0 saturated carbocycles. The summed E-state index contributed by atoms with van der Waals surface area (Å²) in [5.41, 5.74) is 9.95. The normalized spacial score (nSPS) is 15.7. The minimum atomic E-state index is -0.691. The van der Waals surface area contributed by atoms with Crippen LogP contribution in [0.5, 0.6) is 11.5 Å². The van der Waals surface area contributed by atoms with E-state index in [1.165, 1.54) is 0 Å². The molecule has 156 valence electrons. The van der Waals surface area contributed by atoms with Crippen LogP contribution in [0.15, 0.2) is 42.5 Å². The monoisotopic (exact) mass is 416 g/mol. The third-order valence-electron chi connectivity index (χ3n) is 5.46. The van der Waals surface area contributed by atoms with Gasteiger partial charge in [0.05, 0.1) is 16.8 Å². The summed E-state index contributed by atoms with van der Waals surface area (Å²) in [6, 6.07) is 13.2. The SMILES string of the molecule is NC(=O)COC(=O)c1c2c(nc3ccccc13)/C(=C\c1ccc3c(c1)OCO3)CCC2. The smallest absolute Gasteiger partial charge is 0.339 e. The van der Waals surface area contributed by atoms with E-state index in [-0.39, 0.29) is 6.79 Å². The highest BCUT2D eigenvalue weighted by Gasteiger charge is 2.26. The summed E-state index contributed by atoms with van der Waals surface area (Å²) in [5, 5.41) is 0.708. The van der Waals surface area contributed by atoms with Gasteiger partial charge in [0.15, 0.2) is 18.1 Å². The fourth-order valence-corrected chi connectivity index (χ4v) is 4.12. The first-order valence-corrected chi connectivity index (χ1v) is 10.1. The molecule has 31 heavy (non-hydrogen) atoms. The summed E-state index contributed by atoms with van der Waals surface area (Å²) in [7, 11) is 0. The molecule has 2 heterocycles. The Balaban J connectivity index is 1.63. The number of primary amides is 1. The maximum Gasteiger partial charge on any atom is 0.339 e. The molecule has 2 aromatic carbocycles. The van der Waals surface area contributed by atoms with Gasteiger partial charge in [0.25, 0.3) is 5.91 Å². The molecule has 0 radical (unpaired) electrons. The Morgan fingerprint density at radius 3 is 2.81 bits per heavy atom. The van der Waals surface area contributed by atoms with Crippen LogP contribution in [0.4, 0.5) is 0 Å². The Morgan fingerprint density at radius 1 is 1.10 bits per heavy atom. The number of aromatic nitrogens is 1. The lowest BCUT2D eigenvalue weighted by molar-refractivity contribution is -0.121. The van der Waals surface area contributed by atoms with E-state index in [4.69, 9.17) is 24.9 Å². The predicted octanol–water partition coefficient (Wildman–Crippen LogP) is 3.48. The van der Waals surface area contributed by atoms with E-state index in [1.807, 2.05) is 42.5 Å². The standard InChI is InChI=1S/C24H20N2O5/c25-21(27)12-29-24(28)22-16-5-1-2-7-18(16)26-23-15(4-3-6-17(22)23)10-14-8-9-19-20(11-14)31-13-30-19/h1-2,5,7-11H,3-4,6,12-13H2,(H2,25,27)/b15-10-. The van der Waals surface area contributed by atoms with Gasteiger partial charge in [-0.15, -0.1) is 0 Å². The second kappa shape index (κ2) is 7.75. The molecule has 0 bridgehead atoms. The fourth-order valence-electron chi connectivity index (χ4n) is 4.12. The second-order valence-corrected chi connectivity index (χ2v) is 7.51. The number of carbonyl (C=O) groups is 2. The van der Waals surface area contributed by atoms with Crippen molar-refractivity contribution in [1.82, 2.24) is 4.98 Å². The zero-order chi connectivity index (χ0) is 21.4. The molecule has 0 unspecified atom stereocenters. The van der Waals surface area contributed by atoms with Crippen LogP contribution in [0.3, 0.4) is 0 Å². The average Bonchev–Trinajstić information content (AvgIpc) is 3.24. The van der Waals surface area contributed by atoms with Gasteiger partial charge in [-0.05, 0) is 60.2 Å². The van der Waals surface area contributed by atoms with Crippen molar-refractivity contribution in [3.63, 3.8) is 0 Å². The van der Waals surface area contributed by atoms with Crippen molar-refractivity contribution in [2.24, 2.45) is 5.73 Å². The van der Waals surface area contributed by atoms with Crippen LogP contribution in [-0.2, 0) is 16.0 Å².